The quantitative estimate of drug-likeness (QED) is 0.680. The number of carbonyl (C=O) groups excluding carboxylic acids is 2. The molecule has 2 rings (SSSR count). The predicted octanol–water partition coefficient (Wildman–Crippen LogP) is 0.0245. The second-order valence-electron chi connectivity index (χ2n) is 5.44. The molecule has 6 heteroatoms. The number of fused-ring (bicyclic) bond motifs is 1. The summed E-state index contributed by atoms with van der Waals surface area (Å²) in [5, 5.41) is 5.40. The van der Waals surface area contributed by atoms with E-state index >= 15 is 0 Å². The molecular weight excluding hydrogens is 224 g/mol. The third-order valence-electron chi connectivity index (χ3n) is 2.84. The van der Waals surface area contributed by atoms with Gasteiger partial charge in [0.15, 0.2) is 0 Å². The molecule has 0 aromatic rings. The minimum atomic E-state index is -0.565. The molecule has 96 valence electrons. The monoisotopic (exact) mass is 242 g/mol. The summed E-state index contributed by atoms with van der Waals surface area (Å²) in [4.78, 5) is 23.2. The number of rotatable bonds is 1. The molecule has 6 nitrogen and oxygen atoms in total. The molecule has 2 N–H and O–H groups in total. The molecule has 0 unspecified atom stereocenters. The summed E-state index contributed by atoms with van der Waals surface area (Å²) >= 11 is 0. The summed E-state index contributed by atoms with van der Waals surface area (Å²) in [6.07, 6.45) is -0.565. The van der Waals surface area contributed by atoms with Crippen LogP contribution in [0.1, 0.15) is 20.8 Å². The molecular formula is C11H18N2O4. The van der Waals surface area contributed by atoms with Crippen molar-refractivity contribution in [3.63, 3.8) is 0 Å². The first-order chi connectivity index (χ1) is 7.87. The first kappa shape index (κ1) is 12.2. The van der Waals surface area contributed by atoms with E-state index in [0.29, 0.717) is 13.2 Å². The highest BCUT2D eigenvalue weighted by Gasteiger charge is 2.46. The van der Waals surface area contributed by atoms with Gasteiger partial charge >= 0.3 is 6.09 Å². The lowest BCUT2D eigenvalue weighted by molar-refractivity contribution is -0.122. The first-order valence-electron chi connectivity index (χ1n) is 5.74. The summed E-state index contributed by atoms with van der Waals surface area (Å²) in [6, 6.07) is -0.528. The van der Waals surface area contributed by atoms with Gasteiger partial charge in [-0.2, -0.15) is 0 Å². The van der Waals surface area contributed by atoms with Gasteiger partial charge in [-0.3, -0.25) is 4.79 Å². The van der Waals surface area contributed by atoms with Gasteiger partial charge in [0.2, 0.25) is 5.91 Å². The minimum Gasteiger partial charge on any atom is -0.444 e. The van der Waals surface area contributed by atoms with Crippen molar-refractivity contribution in [3.05, 3.63) is 0 Å². The van der Waals surface area contributed by atoms with Crippen LogP contribution in [0.15, 0.2) is 0 Å². The Morgan fingerprint density at radius 2 is 2.18 bits per heavy atom. The van der Waals surface area contributed by atoms with E-state index in [-0.39, 0.29) is 17.9 Å². The Morgan fingerprint density at radius 3 is 2.82 bits per heavy atom. The molecule has 0 spiro atoms. The van der Waals surface area contributed by atoms with E-state index in [1.165, 1.54) is 0 Å². The number of nitrogens with one attached hydrogen (secondary N) is 2. The highest BCUT2D eigenvalue weighted by Crippen LogP contribution is 2.24. The lowest BCUT2D eigenvalue weighted by Gasteiger charge is -2.22. The van der Waals surface area contributed by atoms with Crippen LogP contribution < -0.4 is 10.6 Å². The Balaban J connectivity index is 1.94. The van der Waals surface area contributed by atoms with Gasteiger partial charge in [0.1, 0.15) is 11.6 Å². The molecule has 0 radical (unpaired) electrons. The molecule has 0 aliphatic carbocycles. The van der Waals surface area contributed by atoms with Crippen LogP contribution in [0.25, 0.3) is 0 Å². The maximum absolute atomic E-state index is 11.7. The molecule has 2 aliphatic heterocycles. The van der Waals surface area contributed by atoms with Crippen LogP contribution in [0, 0.1) is 5.92 Å². The van der Waals surface area contributed by atoms with Gasteiger partial charge < -0.3 is 20.1 Å². The second-order valence-corrected chi connectivity index (χ2v) is 5.44. The van der Waals surface area contributed by atoms with Crippen LogP contribution in [0.2, 0.25) is 0 Å². The van der Waals surface area contributed by atoms with E-state index in [1.54, 1.807) is 20.8 Å². The summed E-state index contributed by atoms with van der Waals surface area (Å²) < 4.78 is 10.4. The van der Waals surface area contributed by atoms with Crippen molar-refractivity contribution in [2.24, 2.45) is 5.92 Å². The highest BCUT2D eigenvalue weighted by atomic mass is 16.6. The fourth-order valence-electron chi connectivity index (χ4n) is 2.12. The number of carbonyl (C=O) groups is 2. The average Bonchev–Trinajstić information content (AvgIpc) is 2.67. The zero-order valence-electron chi connectivity index (χ0n) is 10.3. The Bertz CT molecular complexity index is 337. The number of ether oxygens (including phenoxy) is 2. The van der Waals surface area contributed by atoms with Crippen molar-refractivity contribution >= 4 is 12.0 Å². The van der Waals surface area contributed by atoms with Crippen molar-refractivity contribution in [3.8, 4) is 0 Å². The van der Waals surface area contributed by atoms with Gasteiger partial charge in [0.25, 0.3) is 0 Å². The lowest BCUT2D eigenvalue weighted by atomic mass is 10.00. The molecule has 3 atom stereocenters. The van der Waals surface area contributed by atoms with E-state index in [1.807, 2.05) is 0 Å². The van der Waals surface area contributed by atoms with Crippen molar-refractivity contribution < 1.29 is 19.1 Å². The van der Waals surface area contributed by atoms with Crippen LogP contribution in [-0.4, -0.2) is 42.9 Å². The largest absolute Gasteiger partial charge is 0.444 e. The number of hydrogen-bond donors (Lipinski definition) is 2. The van der Waals surface area contributed by atoms with Crippen molar-refractivity contribution in [1.29, 1.82) is 0 Å². The van der Waals surface area contributed by atoms with Gasteiger partial charge in [-0.1, -0.05) is 0 Å². The summed E-state index contributed by atoms with van der Waals surface area (Å²) in [5.74, 6) is -0.149. The van der Waals surface area contributed by atoms with Crippen LogP contribution in [0.5, 0.6) is 0 Å². The van der Waals surface area contributed by atoms with E-state index in [2.05, 4.69) is 10.6 Å². The third-order valence-corrected chi connectivity index (χ3v) is 2.84. The SMILES string of the molecule is CC(C)(C)OC(=O)N[C@@H]1C(=O)N[C@@H]2COC[C@H]12. The zero-order chi connectivity index (χ0) is 12.6. The Hall–Kier alpha value is -1.30. The molecule has 2 heterocycles. The fraction of sp³-hybridized carbons (Fsp3) is 0.818. The fourth-order valence-corrected chi connectivity index (χ4v) is 2.12. The standard InChI is InChI=1S/C11H18N2O4/c1-11(2,3)17-10(15)13-8-6-4-16-5-7(6)12-9(8)14/h6-8H,4-5H2,1-3H3,(H,12,14)(H,13,15)/t6-,7+,8-/m0/s1. The van der Waals surface area contributed by atoms with Gasteiger partial charge in [-0.15, -0.1) is 0 Å². The average molecular weight is 242 g/mol. The summed E-state index contributed by atoms with van der Waals surface area (Å²) in [6.45, 7) is 6.35. The maximum Gasteiger partial charge on any atom is 0.408 e. The molecule has 2 amide bonds. The summed E-state index contributed by atoms with van der Waals surface area (Å²) in [7, 11) is 0. The van der Waals surface area contributed by atoms with Gasteiger partial charge in [0, 0.05) is 5.92 Å². The van der Waals surface area contributed by atoms with Gasteiger partial charge in [0.05, 0.1) is 19.3 Å². The lowest BCUT2D eigenvalue weighted by Crippen LogP contribution is -2.46. The van der Waals surface area contributed by atoms with E-state index < -0.39 is 17.7 Å². The normalized spacial score (nSPS) is 31.9. The minimum absolute atomic E-state index is 0.00928. The molecule has 2 saturated heterocycles. The molecule has 0 aromatic carbocycles. The van der Waals surface area contributed by atoms with Crippen molar-refractivity contribution in [1.82, 2.24) is 10.6 Å². The van der Waals surface area contributed by atoms with Crippen LogP contribution in [0.3, 0.4) is 0 Å². The van der Waals surface area contributed by atoms with Crippen LogP contribution in [0.4, 0.5) is 4.79 Å². The van der Waals surface area contributed by atoms with Gasteiger partial charge in [-0.25, -0.2) is 4.79 Å². The van der Waals surface area contributed by atoms with Crippen molar-refractivity contribution in [2.75, 3.05) is 13.2 Å². The molecule has 0 bridgehead atoms. The zero-order valence-corrected chi connectivity index (χ0v) is 10.3. The third kappa shape index (κ3) is 2.69. The molecule has 0 saturated carbocycles. The number of alkyl carbamates (subject to hydrolysis) is 1. The molecule has 2 fully saturated rings. The molecule has 0 aromatic heterocycles. The predicted molar refractivity (Wildman–Crippen MR) is 59.4 cm³/mol. The van der Waals surface area contributed by atoms with Gasteiger partial charge in [-0.05, 0) is 20.8 Å². The highest BCUT2D eigenvalue weighted by molar-refractivity contribution is 5.88. The summed E-state index contributed by atoms with van der Waals surface area (Å²) in [5.41, 5.74) is -0.565. The van der Waals surface area contributed by atoms with E-state index in [0.717, 1.165) is 0 Å². The second kappa shape index (κ2) is 4.18. The Morgan fingerprint density at radius 1 is 1.47 bits per heavy atom. The van der Waals surface area contributed by atoms with Crippen molar-refractivity contribution in [2.45, 2.75) is 38.5 Å². The number of amides is 2. The van der Waals surface area contributed by atoms with Crippen LogP contribution in [-0.2, 0) is 14.3 Å². The molecule has 2 aliphatic rings. The van der Waals surface area contributed by atoms with E-state index in [9.17, 15) is 9.59 Å². The smallest absolute Gasteiger partial charge is 0.408 e. The Labute approximate surface area is 100 Å². The number of hydrogen-bond acceptors (Lipinski definition) is 4. The maximum atomic E-state index is 11.7. The van der Waals surface area contributed by atoms with E-state index in [4.69, 9.17) is 9.47 Å². The van der Waals surface area contributed by atoms with Crippen LogP contribution >= 0.6 is 0 Å². The topological polar surface area (TPSA) is 76.7 Å². The first-order valence-corrected chi connectivity index (χ1v) is 5.74. The Kier molecular flexibility index (Phi) is 2.99. The molecule has 17 heavy (non-hydrogen) atoms.